The maximum atomic E-state index is 12.4. The molecule has 1 N–H and O–H groups in total. The summed E-state index contributed by atoms with van der Waals surface area (Å²) in [5.74, 6) is -1.28. The van der Waals surface area contributed by atoms with Crippen molar-refractivity contribution >= 4 is 17.5 Å². The molecule has 1 aromatic rings. The number of phenols is 1. The van der Waals surface area contributed by atoms with Crippen molar-refractivity contribution in [2.24, 2.45) is 0 Å². The standard InChI is InChI=1S/C12H13ClF3NO2/c1-2-5-17(7-12(14,15)16)11(19)9-6-8(13)3-4-10(9)18/h3-4,6,18H,2,5,7H2,1H3. The third-order valence-corrected chi connectivity index (χ3v) is 2.57. The first-order valence-electron chi connectivity index (χ1n) is 5.59. The van der Waals surface area contributed by atoms with E-state index in [4.69, 9.17) is 11.6 Å². The van der Waals surface area contributed by atoms with E-state index >= 15 is 0 Å². The van der Waals surface area contributed by atoms with Crippen LogP contribution in [0.2, 0.25) is 5.02 Å². The monoisotopic (exact) mass is 295 g/mol. The molecule has 0 spiro atoms. The Bertz CT molecular complexity index is 463. The predicted molar refractivity (Wildman–Crippen MR) is 65.4 cm³/mol. The molecule has 1 rings (SSSR count). The van der Waals surface area contributed by atoms with E-state index in [1.54, 1.807) is 6.92 Å². The van der Waals surface area contributed by atoms with Gasteiger partial charge in [0.1, 0.15) is 12.3 Å². The van der Waals surface area contributed by atoms with Crippen LogP contribution in [0.4, 0.5) is 13.2 Å². The quantitative estimate of drug-likeness (QED) is 0.924. The van der Waals surface area contributed by atoms with Gasteiger partial charge in [0, 0.05) is 11.6 Å². The molecule has 3 nitrogen and oxygen atoms in total. The summed E-state index contributed by atoms with van der Waals surface area (Å²) in [5, 5.41) is 9.70. The van der Waals surface area contributed by atoms with Gasteiger partial charge in [-0.15, -0.1) is 0 Å². The minimum atomic E-state index is -4.49. The van der Waals surface area contributed by atoms with Gasteiger partial charge < -0.3 is 10.0 Å². The Labute approximate surface area is 113 Å². The molecule has 19 heavy (non-hydrogen) atoms. The molecular weight excluding hydrogens is 283 g/mol. The fraction of sp³-hybridized carbons (Fsp3) is 0.417. The van der Waals surface area contributed by atoms with Crippen LogP contribution in [0.25, 0.3) is 0 Å². The molecule has 0 saturated heterocycles. The number of phenolic OH excluding ortho intramolecular Hbond substituents is 1. The van der Waals surface area contributed by atoms with Crippen molar-refractivity contribution in [1.82, 2.24) is 4.90 Å². The molecule has 106 valence electrons. The number of aromatic hydroxyl groups is 1. The Kier molecular flexibility index (Phi) is 5.05. The van der Waals surface area contributed by atoms with E-state index in [1.807, 2.05) is 0 Å². The second-order valence-electron chi connectivity index (χ2n) is 4.00. The number of hydrogen-bond donors (Lipinski definition) is 1. The molecule has 0 aromatic heterocycles. The molecule has 0 aliphatic rings. The van der Waals surface area contributed by atoms with Crippen LogP contribution < -0.4 is 0 Å². The first-order valence-corrected chi connectivity index (χ1v) is 5.97. The summed E-state index contributed by atoms with van der Waals surface area (Å²) < 4.78 is 37.2. The van der Waals surface area contributed by atoms with E-state index in [2.05, 4.69) is 0 Å². The number of carbonyl (C=O) groups is 1. The lowest BCUT2D eigenvalue weighted by molar-refractivity contribution is -0.140. The van der Waals surface area contributed by atoms with E-state index in [9.17, 15) is 23.1 Å². The molecule has 0 aliphatic heterocycles. The van der Waals surface area contributed by atoms with Crippen LogP contribution in [0, 0.1) is 0 Å². The summed E-state index contributed by atoms with van der Waals surface area (Å²) >= 11 is 5.67. The Morgan fingerprint density at radius 1 is 1.42 bits per heavy atom. The summed E-state index contributed by atoms with van der Waals surface area (Å²) in [6, 6.07) is 3.67. The maximum absolute atomic E-state index is 12.4. The molecular formula is C12H13ClF3NO2. The largest absolute Gasteiger partial charge is 0.507 e. The smallest absolute Gasteiger partial charge is 0.406 e. The first kappa shape index (κ1) is 15.6. The lowest BCUT2D eigenvalue weighted by Crippen LogP contribution is -2.39. The average molecular weight is 296 g/mol. The molecule has 7 heteroatoms. The fourth-order valence-electron chi connectivity index (χ4n) is 1.59. The van der Waals surface area contributed by atoms with Crippen LogP contribution >= 0.6 is 11.6 Å². The zero-order valence-corrected chi connectivity index (χ0v) is 10.9. The van der Waals surface area contributed by atoms with Crippen molar-refractivity contribution in [3.05, 3.63) is 28.8 Å². The molecule has 0 bridgehead atoms. The normalized spacial score (nSPS) is 11.4. The number of hydrogen-bond acceptors (Lipinski definition) is 2. The van der Waals surface area contributed by atoms with Crippen molar-refractivity contribution in [2.75, 3.05) is 13.1 Å². The molecule has 0 heterocycles. The van der Waals surface area contributed by atoms with Gasteiger partial charge in [0.25, 0.3) is 5.91 Å². The number of alkyl halides is 3. The van der Waals surface area contributed by atoms with Crippen LogP contribution in [0.3, 0.4) is 0 Å². The van der Waals surface area contributed by atoms with Crippen LogP contribution in [-0.4, -0.2) is 35.2 Å². The van der Waals surface area contributed by atoms with Gasteiger partial charge in [0.05, 0.1) is 5.56 Å². The van der Waals surface area contributed by atoms with Crippen molar-refractivity contribution in [1.29, 1.82) is 0 Å². The van der Waals surface area contributed by atoms with Crippen molar-refractivity contribution in [2.45, 2.75) is 19.5 Å². The molecule has 0 radical (unpaired) electrons. The van der Waals surface area contributed by atoms with Gasteiger partial charge in [-0.2, -0.15) is 13.2 Å². The lowest BCUT2D eigenvalue weighted by atomic mass is 10.1. The molecule has 1 aromatic carbocycles. The number of carbonyl (C=O) groups excluding carboxylic acids is 1. The molecule has 0 fully saturated rings. The minimum absolute atomic E-state index is 0.0513. The zero-order chi connectivity index (χ0) is 14.6. The second-order valence-corrected chi connectivity index (χ2v) is 4.44. The molecule has 1 amide bonds. The van der Waals surface area contributed by atoms with E-state index in [0.717, 1.165) is 6.07 Å². The number of benzene rings is 1. The Morgan fingerprint density at radius 3 is 2.58 bits per heavy atom. The lowest BCUT2D eigenvalue weighted by Gasteiger charge is -2.23. The first-order chi connectivity index (χ1) is 8.74. The van der Waals surface area contributed by atoms with Crippen LogP contribution in [0.5, 0.6) is 5.75 Å². The van der Waals surface area contributed by atoms with Crippen molar-refractivity contribution < 1.29 is 23.1 Å². The summed E-state index contributed by atoms with van der Waals surface area (Å²) in [4.78, 5) is 12.6. The van der Waals surface area contributed by atoms with Gasteiger partial charge in [0.2, 0.25) is 0 Å². The van der Waals surface area contributed by atoms with E-state index in [1.165, 1.54) is 12.1 Å². The van der Waals surface area contributed by atoms with Crippen molar-refractivity contribution in [3.63, 3.8) is 0 Å². The Hall–Kier alpha value is -1.43. The van der Waals surface area contributed by atoms with Crippen LogP contribution in [0.1, 0.15) is 23.7 Å². The average Bonchev–Trinajstić information content (AvgIpc) is 2.29. The number of nitrogens with zero attached hydrogens (tertiary/aromatic N) is 1. The molecule has 0 saturated carbocycles. The highest BCUT2D eigenvalue weighted by Crippen LogP contribution is 2.25. The third kappa shape index (κ3) is 4.63. The SMILES string of the molecule is CCCN(CC(F)(F)F)C(=O)c1cc(Cl)ccc1O. The number of amides is 1. The van der Waals surface area contributed by atoms with Gasteiger partial charge in [0.15, 0.2) is 0 Å². The minimum Gasteiger partial charge on any atom is -0.507 e. The van der Waals surface area contributed by atoms with E-state index in [0.29, 0.717) is 11.3 Å². The maximum Gasteiger partial charge on any atom is 0.406 e. The van der Waals surface area contributed by atoms with Crippen LogP contribution in [-0.2, 0) is 0 Å². The highest BCUT2D eigenvalue weighted by molar-refractivity contribution is 6.31. The van der Waals surface area contributed by atoms with E-state index < -0.39 is 24.4 Å². The molecule has 0 aliphatic carbocycles. The van der Waals surface area contributed by atoms with Gasteiger partial charge >= 0.3 is 6.18 Å². The van der Waals surface area contributed by atoms with Gasteiger partial charge in [-0.25, -0.2) is 0 Å². The fourth-order valence-corrected chi connectivity index (χ4v) is 1.76. The van der Waals surface area contributed by atoms with Gasteiger partial charge in [-0.3, -0.25) is 4.79 Å². The Balaban J connectivity index is 3.02. The second kappa shape index (κ2) is 6.14. The summed E-state index contributed by atoms with van der Waals surface area (Å²) in [6.07, 6.45) is -4.11. The topological polar surface area (TPSA) is 40.5 Å². The summed E-state index contributed by atoms with van der Waals surface area (Å²) in [5.41, 5.74) is -0.231. The third-order valence-electron chi connectivity index (χ3n) is 2.34. The molecule has 0 unspecified atom stereocenters. The summed E-state index contributed by atoms with van der Waals surface area (Å²) in [6.45, 7) is 0.254. The van der Waals surface area contributed by atoms with Gasteiger partial charge in [-0.05, 0) is 24.6 Å². The highest BCUT2D eigenvalue weighted by Gasteiger charge is 2.33. The van der Waals surface area contributed by atoms with Crippen LogP contribution in [0.15, 0.2) is 18.2 Å². The zero-order valence-electron chi connectivity index (χ0n) is 10.2. The predicted octanol–water partition coefficient (Wildman–Crippen LogP) is 3.46. The van der Waals surface area contributed by atoms with Gasteiger partial charge in [-0.1, -0.05) is 18.5 Å². The molecule has 0 atom stereocenters. The number of rotatable bonds is 4. The Morgan fingerprint density at radius 2 is 2.05 bits per heavy atom. The van der Waals surface area contributed by atoms with Crippen molar-refractivity contribution in [3.8, 4) is 5.75 Å². The van der Waals surface area contributed by atoms with E-state index in [-0.39, 0.29) is 17.1 Å². The number of halogens is 4. The summed E-state index contributed by atoms with van der Waals surface area (Å²) in [7, 11) is 0. The highest BCUT2D eigenvalue weighted by atomic mass is 35.5.